The van der Waals surface area contributed by atoms with Crippen LogP contribution in [0.25, 0.3) is 0 Å². The standard InChI is InChI=1S/C16H13NO5/c1-8(18)21-10-4-2-3-9(7-10)17-15(19)13-11-5-6-12(22-11)14(13)16(17)20/h2-7,11-14H,1H3. The molecular weight excluding hydrogens is 286 g/mol. The largest absolute Gasteiger partial charge is 0.427 e. The Hall–Kier alpha value is -2.47. The molecule has 3 heterocycles. The lowest BCUT2D eigenvalue weighted by atomic mass is 9.85. The highest BCUT2D eigenvalue weighted by molar-refractivity contribution is 6.23. The normalized spacial score (nSPS) is 31.8. The summed E-state index contributed by atoms with van der Waals surface area (Å²) in [5, 5.41) is 0. The lowest BCUT2D eigenvalue weighted by Gasteiger charge is -2.18. The fourth-order valence-electron chi connectivity index (χ4n) is 3.41. The van der Waals surface area contributed by atoms with Crippen LogP contribution in [0.1, 0.15) is 6.92 Å². The minimum atomic E-state index is -0.455. The fraction of sp³-hybridized carbons (Fsp3) is 0.312. The van der Waals surface area contributed by atoms with Crippen LogP contribution in [0, 0.1) is 11.8 Å². The van der Waals surface area contributed by atoms with Crippen molar-refractivity contribution in [1.29, 1.82) is 0 Å². The molecule has 2 fully saturated rings. The number of esters is 1. The summed E-state index contributed by atoms with van der Waals surface area (Å²) in [5.74, 6) is -1.55. The number of nitrogens with zero attached hydrogens (tertiary/aromatic N) is 1. The van der Waals surface area contributed by atoms with Crippen LogP contribution in [0.15, 0.2) is 36.4 Å². The Morgan fingerprint density at radius 2 is 1.77 bits per heavy atom. The minimum Gasteiger partial charge on any atom is -0.427 e. The first-order valence-electron chi connectivity index (χ1n) is 7.06. The van der Waals surface area contributed by atoms with Gasteiger partial charge in [-0.2, -0.15) is 0 Å². The van der Waals surface area contributed by atoms with Gasteiger partial charge in [0, 0.05) is 13.0 Å². The van der Waals surface area contributed by atoms with Crippen LogP contribution in [-0.4, -0.2) is 30.0 Å². The zero-order valence-electron chi connectivity index (χ0n) is 11.8. The number of amides is 2. The topological polar surface area (TPSA) is 72.9 Å². The number of benzene rings is 1. The highest BCUT2D eigenvalue weighted by atomic mass is 16.5. The van der Waals surface area contributed by atoms with Crippen LogP contribution < -0.4 is 9.64 Å². The molecule has 4 unspecified atom stereocenters. The maximum Gasteiger partial charge on any atom is 0.308 e. The van der Waals surface area contributed by atoms with E-state index in [0.717, 1.165) is 0 Å². The second-order valence-corrected chi connectivity index (χ2v) is 5.60. The maximum atomic E-state index is 12.6. The molecule has 112 valence electrons. The summed E-state index contributed by atoms with van der Waals surface area (Å²) in [7, 11) is 0. The van der Waals surface area contributed by atoms with Crippen LogP contribution in [0.2, 0.25) is 0 Å². The van der Waals surface area contributed by atoms with E-state index in [1.54, 1.807) is 18.2 Å². The number of anilines is 1. The van der Waals surface area contributed by atoms with Gasteiger partial charge >= 0.3 is 5.97 Å². The van der Waals surface area contributed by atoms with E-state index < -0.39 is 17.8 Å². The van der Waals surface area contributed by atoms with E-state index in [9.17, 15) is 14.4 Å². The Morgan fingerprint density at radius 1 is 1.14 bits per heavy atom. The van der Waals surface area contributed by atoms with Crippen molar-refractivity contribution in [2.75, 3.05) is 4.90 Å². The molecule has 4 atom stereocenters. The first-order valence-corrected chi connectivity index (χ1v) is 7.06. The third kappa shape index (κ3) is 1.74. The van der Waals surface area contributed by atoms with Gasteiger partial charge in [0.15, 0.2) is 0 Å². The summed E-state index contributed by atoms with van der Waals surface area (Å²) < 4.78 is 10.6. The van der Waals surface area contributed by atoms with Gasteiger partial charge in [-0.15, -0.1) is 0 Å². The summed E-state index contributed by atoms with van der Waals surface area (Å²) in [5.41, 5.74) is 0.419. The van der Waals surface area contributed by atoms with E-state index in [1.165, 1.54) is 17.9 Å². The molecule has 0 spiro atoms. The Kier molecular flexibility index (Phi) is 2.71. The van der Waals surface area contributed by atoms with Crippen molar-refractivity contribution in [3.05, 3.63) is 36.4 Å². The van der Waals surface area contributed by atoms with E-state index in [4.69, 9.17) is 9.47 Å². The molecule has 1 aromatic carbocycles. The summed E-state index contributed by atoms with van der Waals surface area (Å²) >= 11 is 0. The van der Waals surface area contributed by atoms with Gasteiger partial charge < -0.3 is 9.47 Å². The van der Waals surface area contributed by atoms with E-state index in [1.807, 2.05) is 12.2 Å². The van der Waals surface area contributed by atoms with Crippen LogP contribution in [-0.2, 0) is 19.1 Å². The number of fused-ring (bicyclic) bond motifs is 5. The zero-order chi connectivity index (χ0) is 15.4. The second-order valence-electron chi connectivity index (χ2n) is 5.60. The third-order valence-corrected chi connectivity index (χ3v) is 4.25. The SMILES string of the molecule is CC(=O)Oc1cccc(N2C(=O)C3C4C=CC(O4)C3C2=O)c1. The van der Waals surface area contributed by atoms with E-state index in [0.29, 0.717) is 11.4 Å². The van der Waals surface area contributed by atoms with Gasteiger partial charge in [-0.1, -0.05) is 18.2 Å². The molecule has 3 aliphatic heterocycles. The lowest BCUT2D eigenvalue weighted by Crippen LogP contribution is -2.34. The van der Waals surface area contributed by atoms with Crippen molar-refractivity contribution in [1.82, 2.24) is 0 Å². The Morgan fingerprint density at radius 3 is 2.36 bits per heavy atom. The predicted molar refractivity (Wildman–Crippen MR) is 75.0 cm³/mol. The molecule has 4 rings (SSSR count). The molecule has 1 aromatic rings. The van der Waals surface area contributed by atoms with E-state index in [2.05, 4.69) is 0 Å². The quantitative estimate of drug-likeness (QED) is 0.353. The number of hydrogen-bond donors (Lipinski definition) is 0. The molecule has 2 saturated heterocycles. The lowest BCUT2D eigenvalue weighted by molar-refractivity contribution is -0.132. The smallest absolute Gasteiger partial charge is 0.308 e. The predicted octanol–water partition coefficient (Wildman–Crippen LogP) is 1.05. The molecule has 6 nitrogen and oxygen atoms in total. The monoisotopic (exact) mass is 299 g/mol. The number of imide groups is 1. The Labute approximate surface area is 126 Å². The molecule has 6 heteroatoms. The number of hydrogen-bond acceptors (Lipinski definition) is 5. The molecule has 0 saturated carbocycles. The number of rotatable bonds is 2. The molecule has 22 heavy (non-hydrogen) atoms. The third-order valence-electron chi connectivity index (χ3n) is 4.25. The fourth-order valence-corrected chi connectivity index (χ4v) is 3.41. The zero-order valence-corrected chi connectivity index (χ0v) is 11.8. The van der Waals surface area contributed by atoms with Crippen molar-refractivity contribution in [2.45, 2.75) is 19.1 Å². The molecule has 0 aliphatic carbocycles. The molecule has 3 aliphatic rings. The van der Waals surface area contributed by atoms with Gasteiger partial charge in [-0.05, 0) is 12.1 Å². The van der Waals surface area contributed by atoms with Crippen LogP contribution >= 0.6 is 0 Å². The summed E-state index contributed by atoms with van der Waals surface area (Å²) in [6.07, 6.45) is 3.06. The number of carbonyl (C=O) groups excluding carboxylic acids is 3. The van der Waals surface area contributed by atoms with Crippen molar-refractivity contribution >= 4 is 23.5 Å². The number of ether oxygens (including phenoxy) is 2. The van der Waals surface area contributed by atoms with Gasteiger partial charge in [-0.3, -0.25) is 14.4 Å². The van der Waals surface area contributed by atoms with Gasteiger partial charge in [-0.25, -0.2) is 4.90 Å². The highest BCUT2D eigenvalue weighted by Crippen LogP contribution is 2.46. The molecular formula is C16H13NO5. The minimum absolute atomic E-state index is 0.258. The summed E-state index contributed by atoms with van der Waals surface area (Å²) in [4.78, 5) is 37.4. The van der Waals surface area contributed by atoms with E-state index in [-0.39, 0.29) is 24.0 Å². The molecule has 0 aromatic heterocycles. The van der Waals surface area contributed by atoms with Crippen LogP contribution in [0.3, 0.4) is 0 Å². The van der Waals surface area contributed by atoms with Crippen molar-refractivity contribution in [2.24, 2.45) is 11.8 Å². The Balaban J connectivity index is 1.68. The maximum absolute atomic E-state index is 12.6. The van der Waals surface area contributed by atoms with Gasteiger partial charge in [0.1, 0.15) is 5.75 Å². The molecule has 0 radical (unpaired) electrons. The molecule has 0 N–H and O–H groups in total. The van der Waals surface area contributed by atoms with Gasteiger partial charge in [0.2, 0.25) is 11.8 Å². The molecule has 2 bridgehead atoms. The molecule has 2 amide bonds. The average molecular weight is 299 g/mol. The highest BCUT2D eigenvalue weighted by Gasteiger charge is 2.61. The summed E-state index contributed by atoms with van der Waals surface area (Å²) in [6.45, 7) is 1.30. The first kappa shape index (κ1) is 13.2. The first-order chi connectivity index (χ1) is 10.6. The van der Waals surface area contributed by atoms with E-state index >= 15 is 0 Å². The van der Waals surface area contributed by atoms with Crippen LogP contribution in [0.5, 0.6) is 5.75 Å². The summed E-state index contributed by atoms with van der Waals surface area (Å²) in [6, 6.07) is 6.42. The van der Waals surface area contributed by atoms with Gasteiger partial charge in [0.05, 0.1) is 29.7 Å². The Bertz CT molecular complexity index is 695. The van der Waals surface area contributed by atoms with Crippen molar-refractivity contribution in [3.8, 4) is 5.75 Å². The average Bonchev–Trinajstić information content (AvgIpc) is 3.12. The second kappa shape index (κ2) is 4.51. The number of carbonyl (C=O) groups is 3. The van der Waals surface area contributed by atoms with Crippen molar-refractivity contribution in [3.63, 3.8) is 0 Å². The van der Waals surface area contributed by atoms with Gasteiger partial charge in [0.25, 0.3) is 0 Å². The van der Waals surface area contributed by atoms with Crippen LogP contribution in [0.4, 0.5) is 5.69 Å². The van der Waals surface area contributed by atoms with Crippen molar-refractivity contribution < 1.29 is 23.9 Å².